The van der Waals surface area contributed by atoms with Gasteiger partial charge in [-0.2, -0.15) is 0 Å². The van der Waals surface area contributed by atoms with Crippen molar-refractivity contribution in [1.82, 2.24) is 4.90 Å². The van der Waals surface area contributed by atoms with E-state index in [4.69, 9.17) is 10.5 Å². The largest absolute Gasteiger partial charge is 0.478 e. The predicted octanol–water partition coefficient (Wildman–Crippen LogP) is -0.565. The van der Waals surface area contributed by atoms with Gasteiger partial charge in [0.25, 0.3) is 5.91 Å². The van der Waals surface area contributed by atoms with E-state index in [9.17, 15) is 14.7 Å². The number of ether oxygens (including phenoxy) is 1. The lowest BCUT2D eigenvalue weighted by Gasteiger charge is -2.47. The number of rotatable bonds is 2. The molecule has 0 aromatic carbocycles. The zero-order chi connectivity index (χ0) is 12.3. The van der Waals surface area contributed by atoms with Crippen LogP contribution in [0.1, 0.15) is 13.8 Å². The molecule has 2 saturated heterocycles. The van der Waals surface area contributed by atoms with E-state index < -0.39 is 22.5 Å². The van der Waals surface area contributed by atoms with Crippen molar-refractivity contribution in [3.05, 3.63) is 0 Å². The van der Waals surface area contributed by atoms with E-state index in [1.165, 1.54) is 23.8 Å². The van der Waals surface area contributed by atoms with Crippen LogP contribution >= 0.6 is 11.8 Å². The number of methoxy groups -OCH3 is 1. The molecule has 0 radical (unpaired) electrons. The van der Waals surface area contributed by atoms with Crippen molar-refractivity contribution in [2.45, 2.75) is 35.7 Å². The highest BCUT2D eigenvalue weighted by Crippen LogP contribution is 2.54. The molecule has 2 fully saturated rings. The molecular formula is C9H14N2O4S. The summed E-state index contributed by atoms with van der Waals surface area (Å²) in [6, 6.07) is 0. The van der Waals surface area contributed by atoms with Crippen molar-refractivity contribution in [1.29, 1.82) is 0 Å². The van der Waals surface area contributed by atoms with E-state index in [1.807, 2.05) is 0 Å². The number of amides is 1. The number of fused-ring (bicyclic) bond motifs is 1. The van der Waals surface area contributed by atoms with Gasteiger partial charge in [0.15, 0.2) is 6.10 Å². The van der Waals surface area contributed by atoms with E-state index in [2.05, 4.69) is 0 Å². The lowest BCUT2D eigenvalue weighted by molar-refractivity contribution is -0.182. The van der Waals surface area contributed by atoms with Gasteiger partial charge in [-0.05, 0) is 13.8 Å². The summed E-state index contributed by atoms with van der Waals surface area (Å²) in [4.78, 5) is 24.2. The van der Waals surface area contributed by atoms with E-state index in [1.54, 1.807) is 13.8 Å². The van der Waals surface area contributed by atoms with Gasteiger partial charge in [-0.1, -0.05) is 0 Å². The quantitative estimate of drug-likeness (QED) is 0.634. The first-order chi connectivity index (χ1) is 7.27. The molecule has 2 aliphatic heterocycles. The molecule has 1 amide bonds. The molecule has 0 aromatic rings. The molecule has 3 atom stereocenters. The average molecular weight is 246 g/mol. The lowest BCUT2D eigenvalue weighted by Crippen LogP contribution is -2.76. The number of hydrogen-bond donors (Lipinski definition) is 2. The fraction of sp³-hybridized carbons (Fsp3) is 0.778. The Morgan fingerprint density at radius 1 is 1.62 bits per heavy atom. The number of thioether (sulfide) groups is 1. The van der Waals surface area contributed by atoms with Crippen LogP contribution in [-0.2, 0) is 14.3 Å². The third kappa shape index (κ3) is 1.05. The zero-order valence-electron chi connectivity index (χ0n) is 9.26. The Balaban J connectivity index is 2.41. The monoisotopic (exact) mass is 246 g/mol. The van der Waals surface area contributed by atoms with Crippen LogP contribution in [0.15, 0.2) is 0 Å². The molecule has 0 aliphatic carbocycles. The third-order valence-corrected chi connectivity index (χ3v) is 4.89. The van der Waals surface area contributed by atoms with Gasteiger partial charge in [-0.15, -0.1) is 11.8 Å². The summed E-state index contributed by atoms with van der Waals surface area (Å²) in [5.41, 5.74) is 4.24. The van der Waals surface area contributed by atoms with E-state index in [-0.39, 0.29) is 11.3 Å². The minimum absolute atomic E-state index is 0.298. The van der Waals surface area contributed by atoms with Crippen LogP contribution < -0.4 is 5.73 Å². The molecule has 0 unspecified atom stereocenters. The summed E-state index contributed by atoms with van der Waals surface area (Å²) >= 11 is 1.36. The number of nitrogens with zero attached hydrogens (tertiary/aromatic N) is 1. The molecule has 3 N–H and O–H groups in total. The number of carbonyl (C=O) groups excluding carboxylic acids is 1. The smallest absolute Gasteiger partial charge is 0.346 e. The van der Waals surface area contributed by atoms with Gasteiger partial charge < -0.3 is 9.84 Å². The number of carbonyl (C=O) groups is 2. The van der Waals surface area contributed by atoms with Crippen molar-refractivity contribution in [3.63, 3.8) is 0 Å². The SMILES string of the molecule is CO[C@@H]1C(=O)N2[C@@H]1SC(C)(C)[C@]2(N)C(=O)O. The normalized spacial score (nSPS) is 40.5. The molecule has 7 heteroatoms. The average Bonchev–Trinajstić information content (AvgIpc) is 2.34. The molecule has 2 heterocycles. The Morgan fingerprint density at radius 2 is 2.19 bits per heavy atom. The Morgan fingerprint density at radius 3 is 2.62 bits per heavy atom. The standard InChI is InChI=1S/C9H14N2O4S/c1-8(2)9(10,7(13)14)11-5(12)4(15-3)6(11)16-8/h4,6H,10H2,1-3H3,(H,13,14)/t4-,6-,9+/m1/s1. The van der Waals surface area contributed by atoms with Crippen molar-refractivity contribution >= 4 is 23.6 Å². The van der Waals surface area contributed by atoms with Crippen LogP contribution in [0, 0.1) is 0 Å². The predicted molar refractivity (Wildman–Crippen MR) is 57.7 cm³/mol. The number of hydrogen-bond acceptors (Lipinski definition) is 5. The highest BCUT2D eigenvalue weighted by atomic mass is 32.2. The molecule has 6 nitrogen and oxygen atoms in total. The van der Waals surface area contributed by atoms with E-state index in [0.717, 1.165) is 0 Å². The third-order valence-electron chi connectivity index (χ3n) is 3.29. The summed E-state index contributed by atoms with van der Waals surface area (Å²) in [6.45, 7) is 3.45. The maximum atomic E-state index is 11.7. The number of aliphatic carboxylic acids is 1. The molecular weight excluding hydrogens is 232 g/mol. The fourth-order valence-electron chi connectivity index (χ4n) is 2.19. The van der Waals surface area contributed by atoms with Crippen LogP contribution in [0.3, 0.4) is 0 Å². The second kappa shape index (κ2) is 3.12. The Labute approximate surface area is 97.1 Å². The molecule has 90 valence electrons. The Hall–Kier alpha value is -0.790. The Bertz CT molecular complexity index is 373. The minimum Gasteiger partial charge on any atom is -0.478 e. The minimum atomic E-state index is -1.66. The number of carboxylic acids is 1. The number of carboxylic acid groups (broad SMARTS) is 1. The zero-order valence-corrected chi connectivity index (χ0v) is 10.1. The van der Waals surface area contributed by atoms with Crippen molar-refractivity contribution in [2.24, 2.45) is 5.73 Å². The van der Waals surface area contributed by atoms with Crippen molar-refractivity contribution in [3.8, 4) is 0 Å². The van der Waals surface area contributed by atoms with Gasteiger partial charge in [0.2, 0.25) is 5.66 Å². The second-order valence-corrected chi connectivity index (χ2v) is 6.19. The molecule has 0 spiro atoms. The van der Waals surface area contributed by atoms with Crippen LogP contribution in [0.25, 0.3) is 0 Å². The molecule has 2 aliphatic rings. The fourth-order valence-corrected chi connectivity index (χ4v) is 3.88. The topological polar surface area (TPSA) is 92.9 Å². The second-order valence-electron chi connectivity index (χ2n) is 4.45. The summed E-state index contributed by atoms with van der Waals surface area (Å²) in [5, 5.41) is 8.94. The number of nitrogens with two attached hydrogens (primary N) is 1. The van der Waals surface area contributed by atoms with Gasteiger partial charge in [-0.25, -0.2) is 4.79 Å². The first-order valence-electron chi connectivity index (χ1n) is 4.83. The van der Waals surface area contributed by atoms with Crippen molar-refractivity contribution < 1.29 is 19.4 Å². The molecule has 0 saturated carbocycles. The maximum absolute atomic E-state index is 11.7. The highest BCUT2D eigenvalue weighted by Gasteiger charge is 2.71. The molecule has 2 rings (SSSR count). The maximum Gasteiger partial charge on any atom is 0.346 e. The molecule has 16 heavy (non-hydrogen) atoms. The Kier molecular flexibility index (Phi) is 2.28. The van der Waals surface area contributed by atoms with Gasteiger partial charge >= 0.3 is 5.97 Å². The number of β-lactam (4-membered cyclic amide) rings is 1. The van der Waals surface area contributed by atoms with Crippen LogP contribution in [-0.4, -0.2) is 50.9 Å². The van der Waals surface area contributed by atoms with Gasteiger partial charge in [-0.3, -0.25) is 15.4 Å². The van der Waals surface area contributed by atoms with E-state index >= 15 is 0 Å². The summed E-state index contributed by atoms with van der Waals surface area (Å²) in [7, 11) is 1.44. The molecule has 0 aromatic heterocycles. The first kappa shape index (κ1) is 11.7. The summed E-state index contributed by atoms with van der Waals surface area (Å²) < 4.78 is 4.27. The first-order valence-corrected chi connectivity index (χ1v) is 5.71. The van der Waals surface area contributed by atoms with Crippen LogP contribution in [0.5, 0.6) is 0 Å². The van der Waals surface area contributed by atoms with Gasteiger partial charge in [0.05, 0.1) is 4.75 Å². The van der Waals surface area contributed by atoms with E-state index in [0.29, 0.717) is 0 Å². The summed E-state index contributed by atoms with van der Waals surface area (Å²) in [5.74, 6) is -1.54. The van der Waals surface area contributed by atoms with Crippen LogP contribution in [0.2, 0.25) is 0 Å². The van der Waals surface area contributed by atoms with Gasteiger partial charge in [0, 0.05) is 7.11 Å². The van der Waals surface area contributed by atoms with Crippen molar-refractivity contribution in [2.75, 3.05) is 7.11 Å². The molecule has 0 bridgehead atoms. The summed E-state index contributed by atoms with van der Waals surface area (Å²) in [6.07, 6.45) is -0.575. The lowest BCUT2D eigenvalue weighted by atomic mass is 9.90. The van der Waals surface area contributed by atoms with Gasteiger partial charge in [0.1, 0.15) is 5.37 Å². The van der Waals surface area contributed by atoms with Crippen LogP contribution in [0.4, 0.5) is 0 Å². The highest BCUT2D eigenvalue weighted by molar-refractivity contribution is 8.01.